The van der Waals surface area contributed by atoms with Crippen LogP contribution in [0.4, 0.5) is 11.4 Å². The molecule has 0 saturated heterocycles. The van der Waals surface area contributed by atoms with E-state index >= 15 is 0 Å². The fourth-order valence-corrected chi connectivity index (χ4v) is 1.71. The van der Waals surface area contributed by atoms with Crippen LogP contribution >= 0.6 is 0 Å². The van der Waals surface area contributed by atoms with Crippen molar-refractivity contribution in [3.8, 4) is 0 Å². The molecular formula is C14H12N2O3. The van der Waals surface area contributed by atoms with E-state index in [1.165, 1.54) is 18.2 Å². The highest BCUT2D eigenvalue weighted by atomic mass is 16.6. The molecule has 5 nitrogen and oxygen atoms in total. The Hall–Kier alpha value is -2.69. The van der Waals surface area contributed by atoms with Gasteiger partial charge in [-0.25, -0.2) is 0 Å². The van der Waals surface area contributed by atoms with Crippen LogP contribution in [-0.4, -0.2) is 10.7 Å². The number of nitro groups is 1. The zero-order chi connectivity index (χ0) is 14.0. The van der Waals surface area contributed by atoms with Gasteiger partial charge in [-0.3, -0.25) is 14.9 Å². The molecule has 5 heteroatoms. The van der Waals surface area contributed by atoms with Gasteiger partial charge in [-0.15, -0.1) is 0 Å². The number of nitrogen functional groups attached to an aromatic ring is 1. The van der Waals surface area contributed by atoms with E-state index < -0.39 is 4.92 Å². The summed E-state index contributed by atoms with van der Waals surface area (Å²) in [5.41, 5.74) is 7.08. The van der Waals surface area contributed by atoms with Gasteiger partial charge in [0.15, 0.2) is 5.78 Å². The number of rotatable bonds is 3. The number of nitro benzene ring substituents is 1. The summed E-state index contributed by atoms with van der Waals surface area (Å²) in [5.74, 6) is -0.261. The number of aryl methyl sites for hydroxylation is 1. The zero-order valence-corrected chi connectivity index (χ0v) is 10.3. The first kappa shape index (κ1) is 12.8. The normalized spacial score (nSPS) is 10.2. The summed E-state index contributed by atoms with van der Waals surface area (Å²) < 4.78 is 0. The van der Waals surface area contributed by atoms with E-state index in [-0.39, 0.29) is 22.7 Å². The lowest BCUT2D eigenvalue weighted by atomic mass is 10.0. The van der Waals surface area contributed by atoms with Gasteiger partial charge in [0, 0.05) is 17.2 Å². The van der Waals surface area contributed by atoms with Crippen molar-refractivity contribution >= 4 is 17.2 Å². The second-order valence-corrected chi connectivity index (χ2v) is 4.23. The highest BCUT2D eigenvalue weighted by Gasteiger charge is 2.16. The molecular weight excluding hydrogens is 244 g/mol. The average Bonchev–Trinajstić information content (AvgIpc) is 2.39. The molecule has 2 aromatic carbocycles. The van der Waals surface area contributed by atoms with Crippen LogP contribution in [0.3, 0.4) is 0 Å². The second-order valence-electron chi connectivity index (χ2n) is 4.23. The highest BCUT2D eigenvalue weighted by molar-refractivity contribution is 6.09. The van der Waals surface area contributed by atoms with Crippen LogP contribution in [0, 0.1) is 17.0 Å². The molecule has 0 atom stereocenters. The SMILES string of the molecule is Cc1ccc(C(=O)c2ccc(N)c([N+](=O)[O-])c2)cc1. The van der Waals surface area contributed by atoms with E-state index in [4.69, 9.17) is 5.73 Å². The molecule has 0 unspecified atom stereocenters. The Kier molecular flexibility index (Phi) is 3.29. The summed E-state index contributed by atoms with van der Waals surface area (Å²) in [6.07, 6.45) is 0. The second kappa shape index (κ2) is 4.89. The molecule has 2 rings (SSSR count). The largest absolute Gasteiger partial charge is 0.393 e. The number of hydrogen-bond donors (Lipinski definition) is 1. The fraction of sp³-hybridized carbons (Fsp3) is 0.0714. The van der Waals surface area contributed by atoms with Gasteiger partial charge in [0.05, 0.1) is 4.92 Å². The number of hydrogen-bond acceptors (Lipinski definition) is 4. The van der Waals surface area contributed by atoms with Gasteiger partial charge in [-0.05, 0) is 19.1 Å². The third-order valence-electron chi connectivity index (χ3n) is 2.80. The number of nitrogens with two attached hydrogens (primary N) is 1. The summed E-state index contributed by atoms with van der Waals surface area (Å²) >= 11 is 0. The highest BCUT2D eigenvalue weighted by Crippen LogP contribution is 2.23. The van der Waals surface area contributed by atoms with E-state index in [1.807, 2.05) is 19.1 Å². The van der Waals surface area contributed by atoms with E-state index in [1.54, 1.807) is 12.1 Å². The molecule has 0 fully saturated rings. The molecule has 0 bridgehead atoms. The van der Waals surface area contributed by atoms with Crippen LogP contribution in [0.2, 0.25) is 0 Å². The van der Waals surface area contributed by atoms with Crippen LogP contribution < -0.4 is 5.73 Å². The quantitative estimate of drug-likeness (QED) is 0.396. The van der Waals surface area contributed by atoms with E-state index in [2.05, 4.69) is 0 Å². The van der Waals surface area contributed by atoms with Gasteiger partial charge in [-0.2, -0.15) is 0 Å². The summed E-state index contributed by atoms with van der Waals surface area (Å²) in [7, 11) is 0. The summed E-state index contributed by atoms with van der Waals surface area (Å²) in [6, 6.07) is 11.1. The molecule has 2 aromatic rings. The number of nitrogens with zero attached hydrogens (tertiary/aromatic N) is 1. The van der Waals surface area contributed by atoms with Crippen LogP contribution in [0.1, 0.15) is 21.5 Å². The predicted molar refractivity (Wildman–Crippen MR) is 72.1 cm³/mol. The van der Waals surface area contributed by atoms with Crippen molar-refractivity contribution in [1.82, 2.24) is 0 Å². The molecule has 0 aliphatic rings. The van der Waals surface area contributed by atoms with Gasteiger partial charge in [-0.1, -0.05) is 29.8 Å². The maximum atomic E-state index is 12.2. The first-order valence-electron chi connectivity index (χ1n) is 5.64. The summed E-state index contributed by atoms with van der Waals surface area (Å²) in [5, 5.41) is 10.8. The Morgan fingerprint density at radius 2 is 1.68 bits per heavy atom. The maximum absolute atomic E-state index is 12.2. The van der Waals surface area contributed by atoms with Gasteiger partial charge in [0.1, 0.15) is 5.69 Å². The Balaban J connectivity index is 2.42. The lowest BCUT2D eigenvalue weighted by Crippen LogP contribution is -2.04. The lowest BCUT2D eigenvalue weighted by molar-refractivity contribution is -0.383. The fourth-order valence-electron chi connectivity index (χ4n) is 1.71. The van der Waals surface area contributed by atoms with Crippen molar-refractivity contribution in [3.63, 3.8) is 0 Å². The minimum atomic E-state index is -0.596. The number of anilines is 1. The predicted octanol–water partition coefficient (Wildman–Crippen LogP) is 2.72. The van der Waals surface area contributed by atoms with Crippen LogP contribution in [0.15, 0.2) is 42.5 Å². The number of benzene rings is 2. The Morgan fingerprint density at radius 1 is 1.11 bits per heavy atom. The molecule has 0 saturated carbocycles. The number of carbonyl (C=O) groups excluding carboxylic acids is 1. The number of carbonyl (C=O) groups is 1. The molecule has 0 aliphatic carbocycles. The summed E-state index contributed by atoms with van der Waals surface area (Å²) in [4.78, 5) is 22.4. The van der Waals surface area contributed by atoms with Gasteiger partial charge in [0.25, 0.3) is 5.69 Å². The molecule has 0 aliphatic heterocycles. The van der Waals surface area contributed by atoms with Gasteiger partial charge in [0.2, 0.25) is 0 Å². The molecule has 96 valence electrons. The average molecular weight is 256 g/mol. The molecule has 2 N–H and O–H groups in total. The van der Waals surface area contributed by atoms with Crippen LogP contribution in [-0.2, 0) is 0 Å². The molecule has 0 amide bonds. The van der Waals surface area contributed by atoms with Crippen molar-refractivity contribution < 1.29 is 9.72 Å². The van der Waals surface area contributed by atoms with Crippen LogP contribution in [0.25, 0.3) is 0 Å². The van der Waals surface area contributed by atoms with Crippen molar-refractivity contribution in [2.24, 2.45) is 0 Å². The lowest BCUT2D eigenvalue weighted by Gasteiger charge is -2.03. The van der Waals surface area contributed by atoms with E-state index in [9.17, 15) is 14.9 Å². The summed E-state index contributed by atoms with van der Waals surface area (Å²) in [6.45, 7) is 1.92. The topological polar surface area (TPSA) is 86.2 Å². The Morgan fingerprint density at radius 3 is 2.26 bits per heavy atom. The van der Waals surface area contributed by atoms with Gasteiger partial charge >= 0.3 is 0 Å². The molecule has 19 heavy (non-hydrogen) atoms. The van der Waals surface area contributed by atoms with Crippen molar-refractivity contribution in [1.29, 1.82) is 0 Å². The first-order valence-corrected chi connectivity index (χ1v) is 5.64. The standard InChI is InChI=1S/C14H12N2O3/c1-9-2-4-10(5-3-9)14(17)11-6-7-12(15)13(8-11)16(18)19/h2-8H,15H2,1H3. The van der Waals surface area contributed by atoms with Gasteiger partial charge < -0.3 is 5.73 Å². The molecule has 0 heterocycles. The number of ketones is 1. The molecule has 0 radical (unpaired) electrons. The van der Waals surface area contributed by atoms with E-state index in [0.717, 1.165) is 5.56 Å². The third-order valence-corrected chi connectivity index (χ3v) is 2.80. The smallest absolute Gasteiger partial charge is 0.292 e. The molecule has 0 spiro atoms. The Labute approximate surface area is 109 Å². The monoisotopic (exact) mass is 256 g/mol. The zero-order valence-electron chi connectivity index (χ0n) is 10.3. The van der Waals surface area contributed by atoms with E-state index in [0.29, 0.717) is 5.56 Å². The van der Waals surface area contributed by atoms with Crippen molar-refractivity contribution in [3.05, 3.63) is 69.3 Å². The Bertz CT molecular complexity index is 648. The third kappa shape index (κ3) is 2.60. The minimum absolute atomic E-state index is 0.0467. The first-order chi connectivity index (χ1) is 8.99. The van der Waals surface area contributed by atoms with Crippen molar-refractivity contribution in [2.75, 3.05) is 5.73 Å². The molecule has 0 aromatic heterocycles. The van der Waals surface area contributed by atoms with Crippen molar-refractivity contribution in [2.45, 2.75) is 6.92 Å². The maximum Gasteiger partial charge on any atom is 0.292 e. The minimum Gasteiger partial charge on any atom is -0.393 e. The van der Waals surface area contributed by atoms with Crippen LogP contribution in [0.5, 0.6) is 0 Å².